The highest BCUT2D eigenvalue weighted by Gasteiger charge is 2.30. The molecule has 0 amide bonds. The average molecular weight is 721 g/mol. The molecule has 294 valence electrons. The summed E-state index contributed by atoms with van der Waals surface area (Å²) in [5, 5.41) is 11.2. The SMILES string of the molecule is CCCCCCCCCCCCCCCOP(=O)(Cc1cc(C(C)(C)C)c(O)c(C(C)(C)C)c1)OCCCCCCCCCCCCCCC. The van der Waals surface area contributed by atoms with Crippen LogP contribution in [0.3, 0.4) is 0 Å². The van der Waals surface area contributed by atoms with Gasteiger partial charge in [-0.15, -0.1) is 0 Å². The van der Waals surface area contributed by atoms with E-state index < -0.39 is 7.60 Å². The van der Waals surface area contributed by atoms with E-state index in [4.69, 9.17) is 9.05 Å². The summed E-state index contributed by atoms with van der Waals surface area (Å²) in [7, 11) is -3.35. The van der Waals surface area contributed by atoms with Crippen molar-refractivity contribution < 1.29 is 18.7 Å². The van der Waals surface area contributed by atoms with Gasteiger partial charge in [-0.25, -0.2) is 0 Å². The summed E-state index contributed by atoms with van der Waals surface area (Å²) in [5.74, 6) is 0.351. The predicted octanol–water partition coefficient (Wildman–Crippen LogP) is 15.9. The molecule has 0 saturated heterocycles. The van der Waals surface area contributed by atoms with Gasteiger partial charge in [0.1, 0.15) is 5.75 Å². The van der Waals surface area contributed by atoms with Gasteiger partial charge < -0.3 is 14.2 Å². The number of unbranched alkanes of at least 4 members (excludes halogenated alkanes) is 24. The first-order chi connectivity index (χ1) is 23.8. The Morgan fingerprint density at radius 1 is 0.480 bits per heavy atom. The minimum atomic E-state index is -3.35. The summed E-state index contributed by atoms with van der Waals surface area (Å²) >= 11 is 0. The van der Waals surface area contributed by atoms with Gasteiger partial charge >= 0.3 is 7.60 Å². The second-order valence-corrected chi connectivity index (χ2v) is 19.5. The zero-order valence-electron chi connectivity index (χ0n) is 34.8. The van der Waals surface area contributed by atoms with Crippen LogP contribution in [-0.2, 0) is 30.6 Å². The number of rotatable bonds is 32. The lowest BCUT2D eigenvalue weighted by Crippen LogP contribution is -2.18. The second-order valence-electron chi connectivity index (χ2n) is 17.5. The van der Waals surface area contributed by atoms with Gasteiger partial charge in [-0.05, 0) is 40.4 Å². The van der Waals surface area contributed by atoms with Crippen molar-refractivity contribution in [1.82, 2.24) is 0 Å². The van der Waals surface area contributed by atoms with Crippen molar-refractivity contribution in [1.29, 1.82) is 0 Å². The molecule has 50 heavy (non-hydrogen) atoms. The largest absolute Gasteiger partial charge is 0.507 e. The molecule has 0 aliphatic carbocycles. The van der Waals surface area contributed by atoms with E-state index in [2.05, 4.69) is 55.4 Å². The fourth-order valence-electron chi connectivity index (χ4n) is 6.93. The van der Waals surface area contributed by atoms with Crippen molar-refractivity contribution in [2.45, 2.75) is 239 Å². The highest BCUT2D eigenvalue weighted by molar-refractivity contribution is 7.53. The van der Waals surface area contributed by atoms with E-state index in [0.29, 0.717) is 19.0 Å². The van der Waals surface area contributed by atoms with Crippen molar-refractivity contribution in [3.63, 3.8) is 0 Å². The quantitative estimate of drug-likeness (QED) is 0.0595. The standard InChI is InChI=1S/C45H85O4P/c1-9-11-13-15-17-19-21-23-25-27-29-31-33-35-48-50(47,49-36-34-32-30-28-26-24-22-20-18-16-14-12-10-2)39-40-37-41(44(3,4)5)43(46)42(38-40)45(6,7)8/h37-38,46H,9-36,39H2,1-8H3. The third-order valence-electron chi connectivity index (χ3n) is 10.2. The number of phenolic OH excluding ortho intramolecular Hbond substituents is 1. The van der Waals surface area contributed by atoms with Crippen LogP contribution in [0.4, 0.5) is 0 Å². The molecule has 0 spiro atoms. The lowest BCUT2D eigenvalue weighted by molar-refractivity contribution is 0.196. The molecule has 0 atom stereocenters. The van der Waals surface area contributed by atoms with E-state index in [-0.39, 0.29) is 17.0 Å². The van der Waals surface area contributed by atoms with E-state index in [1.54, 1.807) is 0 Å². The van der Waals surface area contributed by atoms with Crippen molar-refractivity contribution in [3.05, 3.63) is 28.8 Å². The fraction of sp³-hybridized carbons (Fsp3) is 0.867. The first-order valence-electron chi connectivity index (χ1n) is 21.6. The molecule has 0 aliphatic rings. The Labute approximate surface area is 312 Å². The number of benzene rings is 1. The van der Waals surface area contributed by atoms with Gasteiger partial charge in [0.15, 0.2) is 0 Å². The maximum absolute atomic E-state index is 14.3. The third kappa shape index (κ3) is 23.0. The Balaban J connectivity index is 2.61. The average Bonchev–Trinajstić information content (AvgIpc) is 3.05. The van der Waals surface area contributed by atoms with Gasteiger partial charge in [0, 0.05) is 0 Å². The number of hydrogen-bond acceptors (Lipinski definition) is 4. The summed E-state index contributed by atoms with van der Waals surface area (Å²) in [6.07, 6.45) is 34.0. The van der Waals surface area contributed by atoms with Crippen molar-refractivity contribution in [2.24, 2.45) is 0 Å². The van der Waals surface area contributed by atoms with Crippen molar-refractivity contribution in [2.75, 3.05) is 13.2 Å². The molecule has 0 fully saturated rings. The third-order valence-corrected chi connectivity index (χ3v) is 12.1. The molecule has 1 aromatic rings. The minimum Gasteiger partial charge on any atom is -0.507 e. The van der Waals surface area contributed by atoms with Crippen molar-refractivity contribution >= 4 is 7.60 Å². The first-order valence-corrected chi connectivity index (χ1v) is 23.3. The maximum atomic E-state index is 14.3. The molecule has 0 heterocycles. The van der Waals surface area contributed by atoms with Crippen LogP contribution in [0.2, 0.25) is 0 Å². The fourth-order valence-corrected chi connectivity index (χ4v) is 8.63. The number of phenols is 1. The summed E-state index contributed by atoms with van der Waals surface area (Å²) in [5.41, 5.74) is 2.22. The van der Waals surface area contributed by atoms with Gasteiger partial charge in [-0.3, -0.25) is 4.57 Å². The molecule has 5 heteroatoms. The van der Waals surface area contributed by atoms with Crippen LogP contribution < -0.4 is 0 Å². The molecule has 0 aromatic heterocycles. The molecule has 0 unspecified atom stereocenters. The predicted molar refractivity (Wildman–Crippen MR) is 220 cm³/mol. The van der Waals surface area contributed by atoms with Gasteiger partial charge in [0.25, 0.3) is 0 Å². The monoisotopic (exact) mass is 721 g/mol. The molecule has 0 radical (unpaired) electrons. The molecule has 0 saturated carbocycles. The normalized spacial score (nSPS) is 12.6. The number of hydrogen-bond donors (Lipinski definition) is 1. The highest BCUT2D eigenvalue weighted by atomic mass is 31.2. The minimum absolute atomic E-state index is 0.241. The maximum Gasteiger partial charge on any atom is 0.335 e. The van der Waals surface area contributed by atoms with Crippen LogP contribution in [0.15, 0.2) is 12.1 Å². The van der Waals surface area contributed by atoms with Gasteiger partial charge in [0.05, 0.1) is 19.4 Å². The van der Waals surface area contributed by atoms with Crippen LogP contribution in [0, 0.1) is 0 Å². The van der Waals surface area contributed by atoms with Crippen LogP contribution in [0.5, 0.6) is 5.75 Å². The summed E-state index contributed by atoms with van der Waals surface area (Å²) in [4.78, 5) is 0. The molecule has 1 rings (SSSR count). The Morgan fingerprint density at radius 3 is 1.00 bits per heavy atom. The van der Waals surface area contributed by atoms with Gasteiger partial charge in [-0.2, -0.15) is 0 Å². The van der Waals surface area contributed by atoms with E-state index in [1.165, 1.54) is 141 Å². The molecule has 0 aliphatic heterocycles. The smallest absolute Gasteiger partial charge is 0.335 e. The van der Waals surface area contributed by atoms with E-state index in [0.717, 1.165) is 42.4 Å². The lowest BCUT2D eigenvalue weighted by atomic mass is 9.78. The summed E-state index contributed by atoms with van der Waals surface area (Å²) < 4.78 is 26.7. The Hall–Kier alpha value is -0.830. The van der Waals surface area contributed by atoms with E-state index in [1.807, 2.05) is 12.1 Å². The molecule has 1 aromatic carbocycles. The second kappa shape index (κ2) is 27.7. The Kier molecular flexibility index (Phi) is 26.2. The zero-order valence-corrected chi connectivity index (χ0v) is 35.7. The topological polar surface area (TPSA) is 55.8 Å². The Bertz CT molecular complexity index is 934. The van der Waals surface area contributed by atoms with Crippen LogP contribution >= 0.6 is 7.60 Å². The van der Waals surface area contributed by atoms with Crippen LogP contribution in [-0.4, -0.2) is 18.3 Å². The van der Waals surface area contributed by atoms with Gasteiger partial charge in [-0.1, -0.05) is 222 Å². The number of aromatic hydroxyl groups is 1. The summed E-state index contributed by atoms with van der Waals surface area (Å²) in [6, 6.07) is 4.06. The molecular formula is C45H85O4P. The van der Waals surface area contributed by atoms with Crippen molar-refractivity contribution in [3.8, 4) is 5.75 Å². The first kappa shape index (κ1) is 47.2. The molecule has 1 N–H and O–H groups in total. The molecular weight excluding hydrogens is 635 g/mol. The highest BCUT2D eigenvalue weighted by Crippen LogP contribution is 2.53. The molecule has 4 nitrogen and oxygen atoms in total. The van der Waals surface area contributed by atoms with E-state index >= 15 is 0 Å². The zero-order chi connectivity index (χ0) is 37.1. The van der Waals surface area contributed by atoms with Crippen LogP contribution in [0.25, 0.3) is 0 Å². The molecule has 0 bridgehead atoms. The van der Waals surface area contributed by atoms with Gasteiger partial charge in [0.2, 0.25) is 0 Å². The lowest BCUT2D eigenvalue weighted by Gasteiger charge is -2.29. The summed E-state index contributed by atoms with van der Waals surface area (Å²) in [6.45, 7) is 18.2. The van der Waals surface area contributed by atoms with Crippen LogP contribution in [0.1, 0.15) is 239 Å². The van der Waals surface area contributed by atoms with E-state index in [9.17, 15) is 9.67 Å². The Morgan fingerprint density at radius 2 is 0.740 bits per heavy atom.